The molecule has 29 heavy (non-hydrogen) atoms. The lowest BCUT2D eigenvalue weighted by Crippen LogP contribution is -2.38. The minimum absolute atomic E-state index is 0.00458. The molecule has 2 heterocycles. The molecular formula is C20H25N3O6. The average Bonchev–Trinajstić information content (AvgIpc) is 3.10. The molecule has 0 radical (unpaired) electrons. The number of nitrogens with zero attached hydrogens (tertiary/aromatic N) is 3. The zero-order chi connectivity index (χ0) is 21.1. The van der Waals surface area contributed by atoms with Gasteiger partial charge in [-0.3, -0.25) is 0 Å². The summed E-state index contributed by atoms with van der Waals surface area (Å²) >= 11 is 0. The van der Waals surface area contributed by atoms with Crippen LogP contribution in [0.15, 0.2) is 29.5 Å². The monoisotopic (exact) mass is 403 g/mol. The summed E-state index contributed by atoms with van der Waals surface area (Å²) in [4.78, 5) is 30.9. The first-order valence-corrected chi connectivity index (χ1v) is 9.29. The van der Waals surface area contributed by atoms with Crippen molar-refractivity contribution in [1.82, 2.24) is 9.55 Å². The van der Waals surface area contributed by atoms with Crippen molar-refractivity contribution in [3.05, 3.63) is 35.3 Å². The lowest BCUT2D eigenvalue weighted by molar-refractivity contribution is -0.140. The summed E-state index contributed by atoms with van der Waals surface area (Å²) in [5.74, 6) is -0.264. The molecule has 0 atom stereocenters. The Hall–Kier alpha value is -2.91. The third kappa shape index (κ3) is 3.83. The van der Waals surface area contributed by atoms with E-state index in [0.29, 0.717) is 17.7 Å². The van der Waals surface area contributed by atoms with Crippen molar-refractivity contribution in [3.8, 4) is 0 Å². The molecule has 0 amide bonds. The second-order valence-corrected chi connectivity index (χ2v) is 6.89. The molecule has 0 unspecified atom stereocenters. The summed E-state index contributed by atoms with van der Waals surface area (Å²) in [6, 6.07) is 5.51. The number of carbonyl (C=O) groups is 2. The molecule has 9 nitrogen and oxygen atoms in total. The smallest absolute Gasteiger partial charge is 0.355 e. The van der Waals surface area contributed by atoms with E-state index in [-0.39, 0.29) is 37.1 Å². The van der Waals surface area contributed by atoms with Gasteiger partial charge in [-0.1, -0.05) is 13.8 Å². The van der Waals surface area contributed by atoms with E-state index in [1.54, 1.807) is 4.90 Å². The second kappa shape index (κ2) is 8.62. The van der Waals surface area contributed by atoms with Crippen LogP contribution < -0.4 is 4.90 Å². The number of ether oxygens (including phenoxy) is 3. The van der Waals surface area contributed by atoms with Crippen molar-refractivity contribution in [1.29, 1.82) is 0 Å². The van der Waals surface area contributed by atoms with Gasteiger partial charge >= 0.3 is 11.9 Å². The summed E-state index contributed by atoms with van der Waals surface area (Å²) in [6.45, 7) is 4.55. The van der Waals surface area contributed by atoms with Gasteiger partial charge in [0.05, 0.1) is 44.0 Å². The first kappa shape index (κ1) is 20.8. The predicted octanol–water partition coefficient (Wildman–Crippen LogP) is 1.55. The largest absolute Gasteiger partial charge is 0.466 e. The molecule has 9 heteroatoms. The van der Waals surface area contributed by atoms with Crippen LogP contribution in [0.4, 0.5) is 5.69 Å². The molecule has 3 rings (SSSR count). The third-order valence-corrected chi connectivity index (χ3v) is 4.75. The van der Waals surface area contributed by atoms with Gasteiger partial charge in [0.15, 0.2) is 0 Å². The standard InChI is InChI=1S/C20H25N3O6/c1-12(2)18-21-15-9-13(5-6-16(15)22(18)7-8-24)23-11-29-10-14(19(25)27-3)17(23)20(26)28-4/h5-6,9,12,24H,7-8,10-11H2,1-4H3. The number of anilines is 1. The fourth-order valence-corrected chi connectivity index (χ4v) is 3.43. The van der Waals surface area contributed by atoms with Crippen molar-refractivity contribution < 1.29 is 28.9 Å². The average molecular weight is 403 g/mol. The maximum absolute atomic E-state index is 12.4. The number of aromatic nitrogens is 2. The zero-order valence-corrected chi connectivity index (χ0v) is 17.0. The summed E-state index contributed by atoms with van der Waals surface area (Å²) < 4.78 is 17.2. The molecule has 1 aliphatic rings. The Bertz CT molecular complexity index is 963. The molecule has 156 valence electrons. The molecule has 1 aliphatic heterocycles. The summed E-state index contributed by atoms with van der Waals surface area (Å²) in [7, 11) is 2.50. The minimum atomic E-state index is -0.650. The number of aliphatic hydroxyl groups excluding tert-OH is 1. The zero-order valence-electron chi connectivity index (χ0n) is 17.0. The summed E-state index contributed by atoms with van der Waals surface area (Å²) in [5.41, 5.74) is 2.40. The van der Waals surface area contributed by atoms with Crippen LogP contribution in [-0.4, -0.2) is 60.8 Å². The van der Waals surface area contributed by atoms with Crippen molar-refractivity contribution in [3.63, 3.8) is 0 Å². The number of fused-ring (bicyclic) bond motifs is 1. The molecule has 2 aromatic rings. The minimum Gasteiger partial charge on any atom is -0.466 e. The summed E-state index contributed by atoms with van der Waals surface area (Å²) in [5, 5.41) is 9.42. The first-order chi connectivity index (χ1) is 13.9. The summed E-state index contributed by atoms with van der Waals surface area (Å²) in [6.07, 6.45) is 0. The molecule has 1 aromatic carbocycles. The van der Waals surface area contributed by atoms with E-state index < -0.39 is 11.9 Å². The Labute approximate surface area is 168 Å². The highest BCUT2D eigenvalue weighted by molar-refractivity contribution is 6.03. The van der Waals surface area contributed by atoms with Crippen LogP contribution in [-0.2, 0) is 30.3 Å². The number of hydrogen-bond donors (Lipinski definition) is 1. The first-order valence-electron chi connectivity index (χ1n) is 9.29. The number of rotatable bonds is 6. The van der Waals surface area contributed by atoms with Crippen LogP contribution in [0, 0.1) is 0 Å². The van der Waals surface area contributed by atoms with E-state index >= 15 is 0 Å². The second-order valence-electron chi connectivity index (χ2n) is 6.89. The van der Waals surface area contributed by atoms with Crippen molar-refractivity contribution in [2.75, 3.05) is 39.1 Å². The van der Waals surface area contributed by atoms with Crippen molar-refractivity contribution in [2.45, 2.75) is 26.3 Å². The highest BCUT2D eigenvalue weighted by Gasteiger charge is 2.32. The topological polar surface area (TPSA) is 103 Å². The Balaban J connectivity index is 2.13. The quantitative estimate of drug-likeness (QED) is 0.725. The van der Waals surface area contributed by atoms with E-state index in [2.05, 4.69) is 0 Å². The number of hydrogen-bond acceptors (Lipinski definition) is 8. The van der Waals surface area contributed by atoms with Gasteiger partial charge in [-0.15, -0.1) is 0 Å². The van der Waals surface area contributed by atoms with Gasteiger partial charge in [0.25, 0.3) is 0 Å². The van der Waals surface area contributed by atoms with E-state index in [0.717, 1.165) is 11.3 Å². The molecular weight excluding hydrogens is 378 g/mol. The molecule has 0 bridgehead atoms. The number of carbonyl (C=O) groups excluding carboxylic acids is 2. The predicted molar refractivity (Wildman–Crippen MR) is 105 cm³/mol. The van der Waals surface area contributed by atoms with Gasteiger partial charge in [-0.2, -0.15) is 0 Å². The fourth-order valence-electron chi connectivity index (χ4n) is 3.43. The van der Waals surface area contributed by atoms with Gasteiger partial charge in [0.2, 0.25) is 0 Å². The molecule has 1 aromatic heterocycles. The van der Waals surface area contributed by atoms with E-state index in [4.69, 9.17) is 19.2 Å². The lowest BCUT2D eigenvalue weighted by Gasteiger charge is -2.31. The molecule has 0 saturated heterocycles. The van der Waals surface area contributed by atoms with Crippen molar-refractivity contribution >= 4 is 28.7 Å². The molecule has 0 fully saturated rings. The number of imidazole rings is 1. The Kier molecular flexibility index (Phi) is 6.19. The highest BCUT2D eigenvalue weighted by atomic mass is 16.5. The highest BCUT2D eigenvalue weighted by Crippen LogP contribution is 2.30. The van der Waals surface area contributed by atoms with Gasteiger partial charge in [0.1, 0.15) is 18.3 Å². The molecule has 0 saturated carbocycles. The van der Waals surface area contributed by atoms with Gasteiger partial charge in [0, 0.05) is 18.2 Å². The van der Waals surface area contributed by atoms with E-state index in [1.165, 1.54) is 14.2 Å². The van der Waals surface area contributed by atoms with Crippen LogP contribution in [0.25, 0.3) is 11.0 Å². The Morgan fingerprint density at radius 3 is 2.59 bits per heavy atom. The van der Waals surface area contributed by atoms with Crippen LogP contribution in [0.2, 0.25) is 0 Å². The Morgan fingerprint density at radius 2 is 1.97 bits per heavy atom. The van der Waals surface area contributed by atoms with Crippen LogP contribution in [0.3, 0.4) is 0 Å². The third-order valence-electron chi connectivity index (χ3n) is 4.75. The molecule has 0 aliphatic carbocycles. The number of esters is 2. The van der Waals surface area contributed by atoms with Crippen molar-refractivity contribution in [2.24, 2.45) is 0 Å². The van der Waals surface area contributed by atoms with Gasteiger partial charge in [-0.25, -0.2) is 14.6 Å². The van der Waals surface area contributed by atoms with Gasteiger partial charge < -0.3 is 28.8 Å². The number of benzene rings is 1. The maximum Gasteiger partial charge on any atom is 0.355 e. The maximum atomic E-state index is 12.4. The normalized spacial score (nSPS) is 14.6. The Morgan fingerprint density at radius 1 is 1.24 bits per heavy atom. The molecule has 1 N–H and O–H groups in total. The SMILES string of the molecule is COC(=O)C1=C(C(=O)OC)N(c2ccc3c(c2)nc(C(C)C)n3CCO)COC1. The lowest BCUT2D eigenvalue weighted by atomic mass is 10.1. The van der Waals surface area contributed by atoms with Crippen LogP contribution in [0.5, 0.6) is 0 Å². The van der Waals surface area contributed by atoms with Gasteiger partial charge in [-0.05, 0) is 18.2 Å². The van der Waals surface area contributed by atoms with E-state index in [1.807, 2.05) is 36.6 Å². The van der Waals surface area contributed by atoms with E-state index in [9.17, 15) is 14.7 Å². The number of methoxy groups -OCH3 is 2. The number of aliphatic hydroxyl groups is 1. The van der Waals surface area contributed by atoms with Crippen LogP contribution >= 0.6 is 0 Å². The molecule has 0 spiro atoms. The van der Waals surface area contributed by atoms with Crippen LogP contribution in [0.1, 0.15) is 25.6 Å². The fraction of sp³-hybridized carbons (Fsp3) is 0.450.